The summed E-state index contributed by atoms with van der Waals surface area (Å²) in [5.74, 6) is 0. The van der Waals surface area contributed by atoms with Gasteiger partial charge in [0.05, 0.1) is 12.5 Å². The summed E-state index contributed by atoms with van der Waals surface area (Å²) in [5.41, 5.74) is 0.743. The molecule has 0 aromatic carbocycles. The van der Waals surface area contributed by atoms with Gasteiger partial charge in [-0.2, -0.15) is 5.26 Å². The van der Waals surface area contributed by atoms with Crippen LogP contribution in [0.15, 0.2) is 0 Å². The van der Waals surface area contributed by atoms with Gasteiger partial charge in [0.2, 0.25) is 0 Å². The van der Waals surface area contributed by atoms with Gasteiger partial charge in [0.1, 0.15) is 0 Å². The number of nitriles is 1. The highest BCUT2D eigenvalue weighted by Gasteiger charge is 2.64. The lowest BCUT2D eigenvalue weighted by Crippen LogP contribution is -2.31. The van der Waals surface area contributed by atoms with Gasteiger partial charge in [0.25, 0.3) is 0 Å². The maximum Gasteiger partial charge on any atom is 0.0638 e. The van der Waals surface area contributed by atoms with Crippen LogP contribution in [0.1, 0.15) is 41.0 Å². The summed E-state index contributed by atoms with van der Waals surface area (Å²) in [6.07, 6.45) is 0.600. The lowest BCUT2D eigenvalue weighted by molar-refractivity contribution is 0.457. The van der Waals surface area contributed by atoms with Crippen molar-refractivity contribution >= 4 is 0 Å². The standard InChI is InChI=1S/C11H20N2/c1-8(6-7-12)13-9-10(2,3)11(9,4)5/h8-9,13H,6H2,1-5H3. The molecule has 0 saturated heterocycles. The summed E-state index contributed by atoms with van der Waals surface area (Å²) in [6, 6.07) is 3.07. The van der Waals surface area contributed by atoms with E-state index in [9.17, 15) is 0 Å². The van der Waals surface area contributed by atoms with Crippen LogP contribution in [0.25, 0.3) is 0 Å². The topological polar surface area (TPSA) is 35.8 Å². The van der Waals surface area contributed by atoms with Crippen LogP contribution in [-0.2, 0) is 0 Å². The Hall–Kier alpha value is -0.550. The van der Waals surface area contributed by atoms with Crippen LogP contribution in [0.4, 0.5) is 0 Å². The van der Waals surface area contributed by atoms with Crippen LogP contribution in [0.3, 0.4) is 0 Å². The van der Waals surface area contributed by atoms with Crippen molar-refractivity contribution < 1.29 is 0 Å². The van der Waals surface area contributed by atoms with Crippen molar-refractivity contribution in [3.63, 3.8) is 0 Å². The molecule has 0 aromatic rings. The van der Waals surface area contributed by atoms with Crippen LogP contribution in [0, 0.1) is 22.2 Å². The fourth-order valence-electron chi connectivity index (χ4n) is 2.09. The number of nitrogens with zero attached hydrogens (tertiary/aromatic N) is 1. The first-order valence-corrected chi connectivity index (χ1v) is 4.97. The van der Waals surface area contributed by atoms with E-state index in [1.54, 1.807) is 0 Å². The van der Waals surface area contributed by atoms with Gasteiger partial charge in [-0.25, -0.2) is 0 Å². The summed E-state index contributed by atoms with van der Waals surface area (Å²) >= 11 is 0. The van der Waals surface area contributed by atoms with E-state index in [4.69, 9.17) is 5.26 Å². The van der Waals surface area contributed by atoms with Gasteiger partial charge < -0.3 is 5.32 Å². The van der Waals surface area contributed by atoms with Gasteiger partial charge in [0.15, 0.2) is 0 Å². The minimum atomic E-state index is 0.316. The molecule has 1 rings (SSSR count). The van der Waals surface area contributed by atoms with E-state index in [1.165, 1.54) is 0 Å². The van der Waals surface area contributed by atoms with E-state index in [2.05, 4.69) is 46.0 Å². The predicted molar refractivity (Wildman–Crippen MR) is 54.2 cm³/mol. The first-order valence-electron chi connectivity index (χ1n) is 4.97. The summed E-state index contributed by atoms with van der Waals surface area (Å²) in [5, 5.41) is 12.1. The van der Waals surface area contributed by atoms with Crippen molar-refractivity contribution in [2.45, 2.75) is 53.1 Å². The minimum absolute atomic E-state index is 0.316. The second-order valence-electron chi connectivity index (χ2n) is 5.31. The average molecular weight is 180 g/mol. The molecule has 1 aliphatic rings. The number of rotatable bonds is 3. The maximum absolute atomic E-state index is 8.54. The van der Waals surface area contributed by atoms with Gasteiger partial charge >= 0.3 is 0 Å². The summed E-state index contributed by atoms with van der Waals surface area (Å²) < 4.78 is 0. The van der Waals surface area contributed by atoms with E-state index < -0.39 is 0 Å². The molecule has 0 aromatic heterocycles. The van der Waals surface area contributed by atoms with Gasteiger partial charge in [-0.05, 0) is 17.8 Å². The highest BCUT2D eigenvalue weighted by molar-refractivity contribution is 5.18. The Morgan fingerprint density at radius 1 is 1.31 bits per heavy atom. The number of nitrogens with one attached hydrogen (secondary N) is 1. The van der Waals surface area contributed by atoms with E-state index >= 15 is 0 Å². The SMILES string of the molecule is CC(CC#N)NC1C(C)(C)C1(C)C. The predicted octanol–water partition coefficient (Wildman–Crippen LogP) is 2.31. The molecule has 74 valence electrons. The van der Waals surface area contributed by atoms with Gasteiger partial charge in [-0.3, -0.25) is 0 Å². The summed E-state index contributed by atoms with van der Waals surface area (Å²) in [4.78, 5) is 0. The number of hydrogen-bond donors (Lipinski definition) is 1. The zero-order valence-electron chi connectivity index (χ0n) is 9.31. The van der Waals surface area contributed by atoms with E-state index in [0.717, 1.165) is 0 Å². The third kappa shape index (κ3) is 1.58. The third-order valence-electron chi connectivity index (χ3n) is 3.87. The monoisotopic (exact) mass is 180 g/mol. The molecule has 1 fully saturated rings. The van der Waals surface area contributed by atoms with Crippen molar-refractivity contribution in [1.29, 1.82) is 5.26 Å². The van der Waals surface area contributed by atoms with Gasteiger partial charge in [0, 0.05) is 12.1 Å². The molecule has 2 heteroatoms. The Labute approximate surface area is 81.3 Å². The van der Waals surface area contributed by atoms with Gasteiger partial charge in [-0.15, -0.1) is 0 Å². The third-order valence-corrected chi connectivity index (χ3v) is 3.87. The zero-order chi connectivity index (χ0) is 10.3. The Morgan fingerprint density at radius 3 is 2.08 bits per heavy atom. The maximum atomic E-state index is 8.54. The van der Waals surface area contributed by atoms with Crippen molar-refractivity contribution in [1.82, 2.24) is 5.32 Å². The highest BCUT2D eigenvalue weighted by Crippen LogP contribution is 2.62. The average Bonchev–Trinajstić information content (AvgIpc) is 2.33. The second-order valence-corrected chi connectivity index (χ2v) is 5.31. The zero-order valence-corrected chi connectivity index (χ0v) is 9.31. The van der Waals surface area contributed by atoms with E-state index in [-0.39, 0.29) is 0 Å². The molecule has 0 amide bonds. The first kappa shape index (κ1) is 10.5. The fraction of sp³-hybridized carbons (Fsp3) is 0.909. The van der Waals surface area contributed by atoms with E-state index in [1.807, 2.05) is 0 Å². The molecule has 0 radical (unpaired) electrons. The van der Waals surface area contributed by atoms with Crippen molar-refractivity contribution in [2.75, 3.05) is 0 Å². The molecule has 1 unspecified atom stereocenters. The molecule has 0 heterocycles. The fourth-order valence-corrected chi connectivity index (χ4v) is 2.09. The van der Waals surface area contributed by atoms with Crippen molar-refractivity contribution in [2.24, 2.45) is 10.8 Å². The van der Waals surface area contributed by atoms with Gasteiger partial charge in [-0.1, -0.05) is 27.7 Å². The molecule has 0 spiro atoms. The van der Waals surface area contributed by atoms with Crippen LogP contribution in [0.2, 0.25) is 0 Å². The molecular formula is C11H20N2. The van der Waals surface area contributed by atoms with Crippen LogP contribution < -0.4 is 5.32 Å². The van der Waals surface area contributed by atoms with Crippen LogP contribution in [-0.4, -0.2) is 12.1 Å². The Bertz CT molecular complexity index is 221. The van der Waals surface area contributed by atoms with Crippen molar-refractivity contribution in [3.05, 3.63) is 0 Å². The molecule has 2 nitrogen and oxygen atoms in total. The Balaban J connectivity index is 2.47. The summed E-state index contributed by atoms with van der Waals surface area (Å²) in [7, 11) is 0. The minimum Gasteiger partial charge on any atom is -0.309 e. The Kier molecular flexibility index (Phi) is 2.42. The van der Waals surface area contributed by atoms with Crippen LogP contribution >= 0.6 is 0 Å². The van der Waals surface area contributed by atoms with Crippen molar-refractivity contribution in [3.8, 4) is 6.07 Å². The molecule has 1 atom stereocenters. The lowest BCUT2D eigenvalue weighted by atomic mass is 10.0. The molecule has 1 saturated carbocycles. The Morgan fingerprint density at radius 2 is 1.77 bits per heavy atom. The van der Waals surface area contributed by atoms with E-state index in [0.29, 0.717) is 29.3 Å². The normalized spacial score (nSPS) is 26.5. The molecule has 0 bridgehead atoms. The smallest absolute Gasteiger partial charge is 0.0638 e. The summed E-state index contributed by atoms with van der Waals surface area (Å²) in [6.45, 7) is 11.2. The molecule has 13 heavy (non-hydrogen) atoms. The van der Waals surface area contributed by atoms with Crippen LogP contribution in [0.5, 0.6) is 0 Å². The molecule has 0 aliphatic heterocycles. The molecular weight excluding hydrogens is 160 g/mol. The quantitative estimate of drug-likeness (QED) is 0.723. The highest BCUT2D eigenvalue weighted by atomic mass is 15.1. The second kappa shape index (κ2) is 2.99. The molecule has 1 aliphatic carbocycles. The first-order chi connectivity index (χ1) is 5.84. The number of hydrogen-bond acceptors (Lipinski definition) is 2. The molecule has 1 N–H and O–H groups in total. The lowest BCUT2D eigenvalue weighted by Gasteiger charge is -2.11. The largest absolute Gasteiger partial charge is 0.309 e.